The number of rotatable bonds is 3. The molecule has 0 amide bonds. The lowest BCUT2D eigenvalue weighted by atomic mass is 10.0. The van der Waals surface area contributed by atoms with E-state index in [0.717, 1.165) is 34.1 Å². The molecule has 0 N–H and O–H groups in total. The standard InChI is InChI=1S/C16H17NO3/c1-17(2)12-5-4-6-14(18-3)16(12)11-7-8-13-15(9-11)20-10-19-13/h4-9H,10H2,1-3H3. The maximum atomic E-state index is 5.51. The molecular formula is C16H17NO3. The predicted molar refractivity (Wildman–Crippen MR) is 78.9 cm³/mol. The van der Waals surface area contributed by atoms with Crippen LogP contribution in [0.1, 0.15) is 0 Å². The molecule has 1 aliphatic heterocycles. The molecule has 0 radical (unpaired) electrons. The molecule has 4 nitrogen and oxygen atoms in total. The topological polar surface area (TPSA) is 30.9 Å². The number of hydrogen-bond acceptors (Lipinski definition) is 4. The minimum atomic E-state index is 0.283. The summed E-state index contributed by atoms with van der Waals surface area (Å²) in [5, 5.41) is 0. The van der Waals surface area contributed by atoms with Gasteiger partial charge < -0.3 is 19.1 Å². The molecule has 2 aromatic carbocycles. The van der Waals surface area contributed by atoms with Gasteiger partial charge in [0.25, 0.3) is 0 Å². The second kappa shape index (κ2) is 4.96. The van der Waals surface area contributed by atoms with Crippen LogP contribution in [0.25, 0.3) is 11.1 Å². The van der Waals surface area contributed by atoms with Crippen LogP contribution in [0.3, 0.4) is 0 Å². The first kappa shape index (κ1) is 12.7. The Bertz CT molecular complexity index is 638. The highest BCUT2D eigenvalue weighted by Crippen LogP contribution is 2.42. The Labute approximate surface area is 118 Å². The molecule has 0 atom stereocenters. The quantitative estimate of drug-likeness (QED) is 0.858. The normalized spacial score (nSPS) is 12.3. The Hall–Kier alpha value is -2.36. The van der Waals surface area contributed by atoms with E-state index in [-0.39, 0.29) is 6.79 Å². The van der Waals surface area contributed by atoms with E-state index in [9.17, 15) is 0 Å². The van der Waals surface area contributed by atoms with E-state index in [1.54, 1.807) is 7.11 Å². The fraction of sp³-hybridized carbons (Fsp3) is 0.250. The Kier molecular flexibility index (Phi) is 3.14. The van der Waals surface area contributed by atoms with Gasteiger partial charge in [-0.05, 0) is 29.8 Å². The average molecular weight is 271 g/mol. The summed E-state index contributed by atoms with van der Waals surface area (Å²) < 4.78 is 16.3. The Morgan fingerprint density at radius 1 is 1.05 bits per heavy atom. The monoisotopic (exact) mass is 271 g/mol. The third-order valence-electron chi connectivity index (χ3n) is 3.37. The first-order chi connectivity index (χ1) is 9.70. The summed E-state index contributed by atoms with van der Waals surface area (Å²) in [6.07, 6.45) is 0. The second-order valence-corrected chi connectivity index (χ2v) is 4.82. The number of ether oxygens (including phenoxy) is 3. The molecule has 0 fully saturated rings. The summed E-state index contributed by atoms with van der Waals surface area (Å²) in [6.45, 7) is 0.283. The van der Waals surface area contributed by atoms with Crippen LogP contribution in [0.2, 0.25) is 0 Å². The summed E-state index contributed by atoms with van der Waals surface area (Å²) in [7, 11) is 5.72. The third kappa shape index (κ3) is 2.03. The molecular weight excluding hydrogens is 254 g/mol. The Balaban J connectivity index is 2.18. The van der Waals surface area contributed by atoms with Gasteiger partial charge in [0.1, 0.15) is 5.75 Å². The maximum Gasteiger partial charge on any atom is 0.231 e. The van der Waals surface area contributed by atoms with Crippen molar-refractivity contribution in [3.8, 4) is 28.4 Å². The zero-order valence-corrected chi connectivity index (χ0v) is 11.8. The fourth-order valence-corrected chi connectivity index (χ4v) is 2.40. The molecule has 0 unspecified atom stereocenters. The van der Waals surface area contributed by atoms with Gasteiger partial charge in [0.15, 0.2) is 11.5 Å². The van der Waals surface area contributed by atoms with Crippen LogP contribution in [-0.4, -0.2) is 28.0 Å². The molecule has 20 heavy (non-hydrogen) atoms. The molecule has 1 heterocycles. The highest BCUT2D eigenvalue weighted by atomic mass is 16.7. The van der Waals surface area contributed by atoms with E-state index < -0.39 is 0 Å². The highest BCUT2D eigenvalue weighted by molar-refractivity contribution is 5.84. The maximum absolute atomic E-state index is 5.51. The van der Waals surface area contributed by atoms with Crippen molar-refractivity contribution >= 4 is 5.69 Å². The zero-order chi connectivity index (χ0) is 14.1. The van der Waals surface area contributed by atoms with Gasteiger partial charge in [0.05, 0.1) is 7.11 Å². The van der Waals surface area contributed by atoms with Crippen molar-refractivity contribution in [2.24, 2.45) is 0 Å². The van der Waals surface area contributed by atoms with Crippen LogP contribution in [-0.2, 0) is 0 Å². The molecule has 0 spiro atoms. The molecule has 0 bridgehead atoms. The van der Waals surface area contributed by atoms with Gasteiger partial charge in [-0.3, -0.25) is 0 Å². The molecule has 2 aromatic rings. The number of hydrogen-bond donors (Lipinski definition) is 0. The van der Waals surface area contributed by atoms with Crippen molar-refractivity contribution in [3.63, 3.8) is 0 Å². The molecule has 0 saturated heterocycles. The number of anilines is 1. The molecule has 1 aliphatic rings. The SMILES string of the molecule is COc1cccc(N(C)C)c1-c1ccc2c(c1)OCO2. The van der Waals surface area contributed by atoms with Crippen LogP contribution in [0.5, 0.6) is 17.2 Å². The molecule has 3 rings (SSSR count). The van der Waals surface area contributed by atoms with Crippen LogP contribution in [0.15, 0.2) is 36.4 Å². The summed E-state index contributed by atoms with van der Waals surface area (Å²) in [5.74, 6) is 2.41. The third-order valence-corrected chi connectivity index (χ3v) is 3.37. The highest BCUT2D eigenvalue weighted by Gasteiger charge is 2.18. The number of benzene rings is 2. The van der Waals surface area contributed by atoms with E-state index in [2.05, 4.69) is 11.0 Å². The van der Waals surface area contributed by atoms with Gasteiger partial charge in [0, 0.05) is 25.3 Å². The van der Waals surface area contributed by atoms with Crippen molar-refractivity contribution in [2.75, 3.05) is 32.9 Å². The van der Waals surface area contributed by atoms with E-state index in [0.29, 0.717) is 0 Å². The van der Waals surface area contributed by atoms with Gasteiger partial charge in [-0.25, -0.2) is 0 Å². The summed E-state index contributed by atoms with van der Waals surface area (Å²) in [6, 6.07) is 12.0. The Morgan fingerprint density at radius 3 is 2.60 bits per heavy atom. The average Bonchev–Trinajstić information content (AvgIpc) is 2.93. The van der Waals surface area contributed by atoms with Crippen molar-refractivity contribution in [3.05, 3.63) is 36.4 Å². The van der Waals surface area contributed by atoms with Crippen LogP contribution in [0, 0.1) is 0 Å². The zero-order valence-electron chi connectivity index (χ0n) is 11.8. The smallest absolute Gasteiger partial charge is 0.231 e. The lowest BCUT2D eigenvalue weighted by Gasteiger charge is -2.20. The van der Waals surface area contributed by atoms with Crippen molar-refractivity contribution in [2.45, 2.75) is 0 Å². The predicted octanol–water partition coefficient (Wildman–Crippen LogP) is 3.16. The van der Waals surface area contributed by atoms with Gasteiger partial charge >= 0.3 is 0 Å². The fourth-order valence-electron chi connectivity index (χ4n) is 2.40. The molecule has 4 heteroatoms. The van der Waals surface area contributed by atoms with Crippen LogP contribution < -0.4 is 19.1 Å². The molecule has 0 aromatic heterocycles. The lowest BCUT2D eigenvalue weighted by molar-refractivity contribution is 0.174. The first-order valence-electron chi connectivity index (χ1n) is 6.45. The van der Waals surface area contributed by atoms with E-state index in [1.807, 2.05) is 44.4 Å². The van der Waals surface area contributed by atoms with Crippen molar-refractivity contribution in [1.82, 2.24) is 0 Å². The van der Waals surface area contributed by atoms with Gasteiger partial charge in [0.2, 0.25) is 6.79 Å². The molecule has 0 aliphatic carbocycles. The largest absolute Gasteiger partial charge is 0.496 e. The van der Waals surface area contributed by atoms with Gasteiger partial charge in [-0.15, -0.1) is 0 Å². The minimum absolute atomic E-state index is 0.283. The van der Waals surface area contributed by atoms with Crippen LogP contribution in [0.4, 0.5) is 5.69 Å². The van der Waals surface area contributed by atoms with Crippen molar-refractivity contribution in [1.29, 1.82) is 0 Å². The summed E-state index contributed by atoms with van der Waals surface area (Å²) in [5.41, 5.74) is 3.21. The van der Waals surface area contributed by atoms with E-state index in [1.165, 1.54) is 0 Å². The van der Waals surface area contributed by atoms with Gasteiger partial charge in [-0.1, -0.05) is 12.1 Å². The van der Waals surface area contributed by atoms with E-state index >= 15 is 0 Å². The molecule has 104 valence electrons. The second-order valence-electron chi connectivity index (χ2n) is 4.82. The molecule has 0 saturated carbocycles. The Morgan fingerprint density at radius 2 is 1.85 bits per heavy atom. The van der Waals surface area contributed by atoms with E-state index in [4.69, 9.17) is 14.2 Å². The summed E-state index contributed by atoms with van der Waals surface area (Å²) in [4.78, 5) is 2.07. The number of fused-ring (bicyclic) bond motifs is 1. The minimum Gasteiger partial charge on any atom is -0.496 e. The number of nitrogens with zero attached hydrogens (tertiary/aromatic N) is 1. The van der Waals surface area contributed by atoms with Crippen LogP contribution >= 0.6 is 0 Å². The van der Waals surface area contributed by atoms with Crippen molar-refractivity contribution < 1.29 is 14.2 Å². The summed E-state index contributed by atoms with van der Waals surface area (Å²) >= 11 is 0. The first-order valence-corrected chi connectivity index (χ1v) is 6.45. The lowest BCUT2D eigenvalue weighted by Crippen LogP contribution is -2.10. The van der Waals surface area contributed by atoms with Gasteiger partial charge in [-0.2, -0.15) is 0 Å². The number of methoxy groups -OCH3 is 1.